The number of amides is 1. The van der Waals surface area contributed by atoms with Gasteiger partial charge in [0, 0.05) is 64.2 Å². The van der Waals surface area contributed by atoms with Crippen LogP contribution in [0.3, 0.4) is 0 Å². The Labute approximate surface area is 269 Å². The molecule has 47 heavy (non-hydrogen) atoms. The smallest absolute Gasteiger partial charge is 0.407 e. The largest absolute Gasteiger partial charge is 0.446 e. The SMILES string of the molecule is Cn1cc(C#Cc2cnc(Nc3ccnc(-c4cnn(S(=O)(=O)C5CC5)c4)n3)cc2N2CCC(F)(COC(=O)NCCF)CC2)cn1. The number of halogens is 2. The molecule has 6 rings (SSSR count). The van der Waals surface area contributed by atoms with Crippen LogP contribution in [0.5, 0.6) is 0 Å². The van der Waals surface area contributed by atoms with Crippen molar-refractivity contribution in [3.05, 3.63) is 60.4 Å². The predicted octanol–water partition coefficient (Wildman–Crippen LogP) is 2.96. The number of nitrogens with zero attached hydrogens (tertiary/aromatic N) is 8. The number of anilines is 3. The molecule has 2 aliphatic rings. The van der Waals surface area contributed by atoms with Crippen LogP contribution in [-0.4, -0.2) is 92.3 Å². The van der Waals surface area contributed by atoms with E-state index in [2.05, 4.69) is 47.6 Å². The van der Waals surface area contributed by atoms with E-state index in [-0.39, 0.29) is 25.2 Å². The van der Waals surface area contributed by atoms with E-state index >= 15 is 4.39 Å². The van der Waals surface area contributed by atoms with Crippen molar-refractivity contribution in [2.45, 2.75) is 36.6 Å². The highest BCUT2D eigenvalue weighted by Crippen LogP contribution is 2.33. The van der Waals surface area contributed by atoms with Crippen molar-refractivity contribution in [1.82, 2.24) is 39.2 Å². The third-order valence-corrected chi connectivity index (χ3v) is 9.73. The Morgan fingerprint density at radius 2 is 1.91 bits per heavy atom. The van der Waals surface area contributed by atoms with E-state index in [1.54, 1.807) is 42.5 Å². The zero-order valence-corrected chi connectivity index (χ0v) is 26.3. The minimum atomic E-state index is -3.53. The summed E-state index contributed by atoms with van der Waals surface area (Å²) < 4.78 is 60.6. The molecule has 1 aliphatic carbocycles. The number of piperidine rings is 1. The van der Waals surface area contributed by atoms with E-state index in [1.165, 1.54) is 18.6 Å². The van der Waals surface area contributed by atoms with Gasteiger partial charge < -0.3 is 20.3 Å². The number of nitrogens with one attached hydrogen (secondary N) is 2. The number of carbonyl (C=O) groups excluding carboxylic acids is 1. The normalized spacial score (nSPS) is 15.9. The Bertz CT molecular complexity index is 1930. The van der Waals surface area contributed by atoms with Crippen LogP contribution in [0.1, 0.15) is 36.8 Å². The monoisotopic (exact) mass is 666 g/mol. The second-order valence-corrected chi connectivity index (χ2v) is 13.4. The van der Waals surface area contributed by atoms with Gasteiger partial charge in [-0.3, -0.25) is 4.68 Å². The predicted molar refractivity (Wildman–Crippen MR) is 168 cm³/mol. The van der Waals surface area contributed by atoms with Crippen molar-refractivity contribution in [3.63, 3.8) is 0 Å². The summed E-state index contributed by atoms with van der Waals surface area (Å²) in [6.07, 6.45) is 9.97. The first-order chi connectivity index (χ1) is 22.6. The average molecular weight is 667 g/mol. The molecule has 2 N–H and O–H groups in total. The van der Waals surface area contributed by atoms with E-state index in [1.807, 2.05) is 4.90 Å². The number of hydrogen-bond donors (Lipinski definition) is 2. The van der Waals surface area contributed by atoms with Crippen molar-refractivity contribution >= 4 is 33.4 Å². The summed E-state index contributed by atoms with van der Waals surface area (Å²) in [5.74, 6) is 7.36. The topological polar surface area (TPSA) is 162 Å². The van der Waals surface area contributed by atoms with Crippen molar-refractivity contribution in [3.8, 4) is 23.2 Å². The summed E-state index contributed by atoms with van der Waals surface area (Å²) in [5, 5.41) is 13.2. The van der Waals surface area contributed by atoms with Crippen LogP contribution in [0.2, 0.25) is 0 Å². The number of alkyl carbamates (subject to hydrolysis) is 1. The van der Waals surface area contributed by atoms with Crippen molar-refractivity contribution < 1.29 is 26.7 Å². The Morgan fingerprint density at radius 3 is 2.64 bits per heavy atom. The molecule has 0 aromatic carbocycles. The molecular formula is C30H32F2N10O4S. The summed E-state index contributed by atoms with van der Waals surface area (Å²) in [6.45, 7) is -0.753. The molecule has 0 atom stereocenters. The van der Waals surface area contributed by atoms with Crippen LogP contribution >= 0.6 is 0 Å². The molecule has 17 heteroatoms. The molecule has 246 valence electrons. The fourth-order valence-electron chi connectivity index (χ4n) is 4.96. The summed E-state index contributed by atoms with van der Waals surface area (Å²) in [7, 11) is -1.73. The summed E-state index contributed by atoms with van der Waals surface area (Å²) in [5.41, 5.74) is 0.748. The van der Waals surface area contributed by atoms with Gasteiger partial charge in [0.05, 0.1) is 46.2 Å². The van der Waals surface area contributed by atoms with Gasteiger partial charge in [0.25, 0.3) is 10.0 Å². The number of aryl methyl sites for hydroxylation is 1. The zero-order valence-electron chi connectivity index (χ0n) is 25.4. The van der Waals surface area contributed by atoms with Gasteiger partial charge in [0.1, 0.15) is 30.6 Å². The quantitative estimate of drug-likeness (QED) is 0.240. The van der Waals surface area contributed by atoms with Gasteiger partial charge in [-0.05, 0) is 18.9 Å². The lowest BCUT2D eigenvalue weighted by molar-refractivity contribution is 0.0310. The number of pyridine rings is 1. The van der Waals surface area contributed by atoms with Crippen LogP contribution in [-0.2, 0) is 21.8 Å². The van der Waals surface area contributed by atoms with Gasteiger partial charge in [0.15, 0.2) is 5.82 Å². The third-order valence-electron chi connectivity index (χ3n) is 7.69. The number of aromatic nitrogens is 7. The summed E-state index contributed by atoms with van der Waals surface area (Å²) >= 11 is 0. The lowest BCUT2D eigenvalue weighted by atomic mass is 9.93. The average Bonchev–Trinajstić information content (AvgIpc) is 3.67. The molecule has 2 fully saturated rings. The Morgan fingerprint density at radius 1 is 1.11 bits per heavy atom. The molecule has 0 spiro atoms. The lowest BCUT2D eigenvalue weighted by Crippen LogP contribution is -2.45. The van der Waals surface area contributed by atoms with Crippen molar-refractivity contribution in [1.29, 1.82) is 0 Å². The molecule has 0 radical (unpaired) electrons. The third kappa shape index (κ3) is 7.65. The van der Waals surface area contributed by atoms with Gasteiger partial charge in [-0.15, -0.1) is 0 Å². The Hall–Kier alpha value is -5.11. The standard InChI is InChI=1S/C30H32F2N10O4S/c1-40-18-21(15-36-40)2-3-22-16-35-27(14-25(22)41-12-7-30(32,8-13-41)20-46-29(43)34-11-9-31)38-26-6-10-33-28(39-26)23-17-37-42(19-23)47(44,45)24-4-5-24/h6,10,14-19,24H,4-5,7-9,11-13,20H2,1H3,(H,34,43)(H,33,35,38,39). The number of carbonyl (C=O) groups is 1. The first-order valence-corrected chi connectivity index (χ1v) is 16.4. The molecule has 1 aliphatic heterocycles. The summed E-state index contributed by atoms with van der Waals surface area (Å²) in [6, 6.07) is 3.44. The van der Waals surface area contributed by atoms with Crippen molar-refractivity contribution in [2.75, 3.05) is 43.1 Å². The van der Waals surface area contributed by atoms with Gasteiger partial charge in [-0.1, -0.05) is 11.8 Å². The van der Waals surface area contributed by atoms with Gasteiger partial charge >= 0.3 is 6.09 Å². The van der Waals surface area contributed by atoms with Crippen molar-refractivity contribution in [2.24, 2.45) is 7.05 Å². The van der Waals surface area contributed by atoms with Gasteiger partial charge in [-0.2, -0.15) is 14.3 Å². The highest BCUT2D eigenvalue weighted by Gasteiger charge is 2.38. The van der Waals surface area contributed by atoms with E-state index in [4.69, 9.17) is 4.74 Å². The molecule has 1 saturated carbocycles. The van der Waals surface area contributed by atoms with Crippen LogP contribution < -0.4 is 15.5 Å². The molecule has 5 heterocycles. The molecule has 1 saturated heterocycles. The maximum Gasteiger partial charge on any atom is 0.407 e. The molecule has 4 aromatic heterocycles. The second kappa shape index (κ2) is 13.3. The number of hydrogen-bond acceptors (Lipinski definition) is 11. The maximum absolute atomic E-state index is 15.5. The first kappa shape index (κ1) is 31.9. The second-order valence-electron chi connectivity index (χ2n) is 11.3. The maximum atomic E-state index is 15.5. The molecule has 14 nitrogen and oxygen atoms in total. The van der Waals surface area contributed by atoms with Gasteiger partial charge in [0.2, 0.25) is 0 Å². The van der Waals surface area contributed by atoms with Crippen LogP contribution in [0, 0.1) is 11.8 Å². The minimum absolute atomic E-state index is 0.0867. The van der Waals surface area contributed by atoms with Crippen LogP contribution in [0.4, 0.5) is 30.9 Å². The molecule has 0 unspecified atom stereocenters. The number of rotatable bonds is 10. The molecule has 4 aromatic rings. The van der Waals surface area contributed by atoms with E-state index < -0.39 is 40.3 Å². The molecule has 0 bridgehead atoms. The first-order valence-electron chi connectivity index (χ1n) is 14.9. The lowest BCUT2D eigenvalue weighted by Gasteiger charge is -2.37. The molecule has 1 amide bonds. The zero-order chi connectivity index (χ0) is 33.0. The van der Waals surface area contributed by atoms with Crippen LogP contribution in [0.15, 0.2) is 49.3 Å². The van der Waals surface area contributed by atoms with E-state index in [9.17, 15) is 17.6 Å². The Kier molecular flexibility index (Phi) is 9.03. The van der Waals surface area contributed by atoms with Crippen LogP contribution in [0.25, 0.3) is 11.4 Å². The number of alkyl halides is 2. The highest BCUT2D eigenvalue weighted by atomic mass is 32.2. The number of ether oxygens (including phenoxy) is 1. The fraction of sp³-hybridized carbons (Fsp3) is 0.400. The minimum Gasteiger partial charge on any atom is -0.446 e. The highest BCUT2D eigenvalue weighted by molar-refractivity contribution is 7.90. The Balaban J connectivity index is 1.21. The summed E-state index contributed by atoms with van der Waals surface area (Å²) in [4.78, 5) is 27.0. The van der Waals surface area contributed by atoms with E-state index in [0.717, 1.165) is 4.09 Å². The fourth-order valence-corrected chi connectivity index (χ4v) is 6.44. The van der Waals surface area contributed by atoms with E-state index in [0.29, 0.717) is 59.9 Å². The molecular weight excluding hydrogens is 634 g/mol. The van der Waals surface area contributed by atoms with Gasteiger partial charge in [-0.25, -0.2) is 36.9 Å².